The molecule has 0 bridgehead atoms. The topological polar surface area (TPSA) is 166 Å². The van der Waals surface area contributed by atoms with Crippen LogP contribution in [0, 0.1) is 10.1 Å². The van der Waals surface area contributed by atoms with Crippen LogP contribution in [0.3, 0.4) is 0 Å². The zero-order valence-corrected chi connectivity index (χ0v) is 21.2. The summed E-state index contributed by atoms with van der Waals surface area (Å²) in [5.41, 5.74) is 10.0. The predicted octanol–water partition coefficient (Wildman–Crippen LogP) is 4.86. The number of nitro benzene ring substituents is 1. The van der Waals surface area contributed by atoms with Crippen molar-refractivity contribution >= 4 is 46.2 Å². The molecule has 40 heavy (non-hydrogen) atoms. The monoisotopic (exact) mass is 537 g/mol. The maximum atomic E-state index is 12.9. The van der Waals surface area contributed by atoms with Crippen molar-refractivity contribution in [2.75, 3.05) is 23.1 Å². The summed E-state index contributed by atoms with van der Waals surface area (Å²) in [6.45, 7) is 0. The van der Waals surface area contributed by atoms with Crippen molar-refractivity contribution in [1.82, 2.24) is 0 Å². The van der Waals surface area contributed by atoms with Crippen LogP contribution in [-0.4, -0.2) is 29.8 Å². The first-order valence-corrected chi connectivity index (χ1v) is 12.1. The van der Waals surface area contributed by atoms with Crippen LogP contribution < -0.4 is 26.4 Å². The van der Waals surface area contributed by atoms with Gasteiger partial charge in [0.2, 0.25) is 11.8 Å². The minimum absolute atomic E-state index is 0.0409. The Hall–Kier alpha value is -5.71. The molecule has 11 heteroatoms. The number of fused-ring (bicyclic) bond motifs is 2. The van der Waals surface area contributed by atoms with E-state index in [4.69, 9.17) is 10.5 Å². The first kappa shape index (κ1) is 25.9. The third-order valence-corrected chi connectivity index (χ3v) is 6.37. The number of primary amides is 1. The summed E-state index contributed by atoms with van der Waals surface area (Å²) < 4.78 is 5.19. The second-order valence-electron chi connectivity index (χ2n) is 9.03. The molecule has 4 aromatic rings. The van der Waals surface area contributed by atoms with Gasteiger partial charge in [0.05, 0.1) is 41.1 Å². The first-order valence-electron chi connectivity index (χ1n) is 12.1. The fraction of sp³-hybridized carbons (Fsp3) is 0.0690. The minimum atomic E-state index is -0.592. The van der Waals surface area contributed by atoms with Crippen LogP contribution in [0.1, 0.15) is 26.3 Å². The molecule has 1 heterocycles. The van der Waals surface area contributed by atoms with Crippen LogP contribution in [0.4, 0.5) is 28.4 Å². The Kier molecular flexibility index (Phi) is 6.85. The summed E-state index contributed by atoms with van der Waals surface area (Å²) in [6.07, 6.45) is 0.0409. The minimum Gasteiger partial charge on any atom is -0.490 e. The zero-order valence-electron chi connectivity index (χ0n) is 21.2. The summed E-state index contributed by atoms with van der Waals surface area (Å²) in [6, 6.07) is 21.3. The van der Waals surface area contributed by atoms with E-state index < -0.39 is 10.8 Å². The Morgan fingerprint density at radius 2 is 1.70 bits per heavy atom. The number of anilines is 4. The van der Waals surface area contributed by atoms with Crippen LogP contribution in [0.15, 0.2) is 78.9 Å². The van der Waals surface area contributed by atoms with E-state index in [2.05, 4.69) is 16.0 Å². The van der Waals surface area contributed by atoms with Gasteiger partial charge in [-0.05, 0) is 71.3 Å². The highest BCUT2D eigenvalue weighted by Gasteiger charge is 2.21. The van der Waals surface area contributed by atoms with Crippen LogP contribution in [-0.2, 0) is 11.2 Å². The van der Waals surface area contributed by atoms with Crippen LogP contribution in [0.5, 0.6) is 5.75 Å². The highest BCUT2D eigenvalue weighted by atomic mass is 16.6. The maximum absolute atomic E-state index is 12.9. The number of nitro groups is 1. The number of methoxy groups -OCH3 is 1. The number of amides is 3. The van der Waals surface area contributed by atoms with Gasteiger partial charge in [-0.15, -0.1) is 0 Å². The van der Waals surface area contributed by atoms with Crippen molar-refractivity contribution in [2.45, 2.75) is 6.42 Å². The van der Waals surface area contributed by atoms with Gasteiger partial charge in [-0.1, -0.05) is 18.2 Å². The summed E-state index contributed by atoms with van der Waals surface area (Å²) >= 11 is 0. The lowest BCUT2D eigenvalue weighted by Crippen LogP contribution is -2.16. The van der Waals surface area contributed by atoms with Crippen LogP contribution >= 0.6 is 0 Å². The summed E-state index contributed by atoms with van der Waals surface area (Å²) in [5, 5.41) is 20.2. The van der Waals surface area contributed by atoms with Crippen molar-refractivity contribution in [3.8, 4) is 16.9 Å². The molecular weight excluding hydrogens is 514 g/mol. The lowest BCUT2D eigenvalue weighted by molar-refractivity contribution is -0.385. The highest BCUT2D eigenvalue weighted by Crippen LogP contribution is 2.37. The molecule has 3 amide bonds. The molecule has 5 N–H and O–H groups in total. The number of nitrogens with two attached hydrogens (primary N) is 1. The average molecular weight is 538 g/mol. The second-order valence-corrected chi connectivity index (χ2v) is 9.03. The van der Waals surface area contributed by atoms with E-state index in [-0.39, 0.29) is 35.2 Å². The van der Waals surface area contributed by atoms with Crippen molar-refractivity contribution in [2.24, 2.45) is 5.73 Å². The van der Waals surface area contributed by atoms with E-state index in [0.717, 1.165) is 0 Å². The summed E-state index contributed by atoms with van der Waals surface area (Å²) in [5.74, 6) is -1.08. The highest BCUT2D eigenvalue weighted by molar-refractivity contribution is 6.12. The molecular formula is C29H23N5O6. The van der Waals surface area contributed by atoms with E-state index >= 15 is 0 Å². The van der Waals surface area contributed by atoms with Gasteiger partial charge in [0.1, 0.15) is 0 Å². The van der Waals surface area contributed by atoms with Crippen molar-refractivity contribution in [3.63, 3.8) is 0 Å². The van der Waals surface area contributed by atoms with Gasteiger partial charge in [0.25, 0.3) is 5.91 Å². The molecule has 0 unspecified atom stereocenters. The van der Waals surface area contributed by atoms with Gasteiger partial charge >= 0.3 is 5.69 Å². The Balaban J connectivity index is 1.40. The largest absolute Gasteiger partial charge is 0.490 e. The molecule has 0 saturated heterocycles. The number of ether oxygens (including phenoxy) is 1. The number of carbonyl (C=O) groups excluding carboxylic acids is 3. The molecule has 0 radical (unpaired) electrons. The number of rotatable bonds is 7. The molecule has 0 atom stereocenters. The van der Waals surface area contributed by atoms with Gasteiger partial charge in [-0.25, -0.2) is 0 Å². The molecule has 4 aromatic carbocycles. The van der Waals surface area contributed by atoms with E-state index in [1.807, 2.05) is 0 Å². The Morgan fingerprint density at radius 3 is 2.45 bits per heavy atom. The number of nitrogens with zero attached hydrogens (tertiary/aromatic N) is 1. The number of hydrogen-bond donors (Lipinski definition) is 4. The number of carbonyl (C=O) groups is 3. The van der Waals surface area contributed by atoms with E-state index in [1.54, 1.807) is 66.7 Å². The number of benzene rings is 4. The van der Waals surface area contributed by atoms with Crippen LogP contribution in [0.25, 0.3) is 11.1 Å². The molecule has 0 aromatic heterocycles. The Bertz CT molecular complexity index is 1700. The molecule has 1 aliphatic rings. The van der Waals surface area contributed by atoms with E-state index in [0.29, 0.717) is 45.0 Å². The molecule has 0 spiro atoms. The average Bonchev–Trinajstić information content (AvgIpc) is 3.07. The fourth-order valence-corrected chi connectivity index (χ4v) is 4.42. The smallest absolute Gasteiger partial charge is 0.310 e. The van der Waals surface area contributed by atoms with Crippen molar-refractivity contribution < 1.29 is 24.0 Å². The number of hydrogen-bond acceptors (Lipinski definition) is 7. The third kappa shape index (κ3) is 5.29. The van der Waals surface area contributed by atoms with Gasteiger partial charge in [0.15, 0.2) is 5.75 Å². The maximum Gasteiger partial charge on any atom is 0.310 e. The molecule has 0 aliphatic carbocycles. The van der Waals surface area contributed by atoms with Crippen molar-refractivity contribution in [3.05, 3.63) is 106 Å². The Morgan fingerprint density at radius 1 is 0.925 bits per heavy atom. The molecule has 200 valence electrons. The first-order chi connectivity index (χ1) is 19.2. The third-order valence-electron chi connectivity index (χ3n) is 6.37. The molecule has 1 aliphatic heterocycles. The predicted molar refractivity (Wildman–Crippen MR) is 150 cm³/mol. The van der Waals surface area contributed by atoms with E-state index in [1.165, 1.54) is 19.2 Å². The van der Waals surface area contributed by atoms with Gasteiger partial charge in [-0.2, -0.15) is 0 Å². The van der Waals surface area contributed by atoms with E-state index in [9.17, 15) is 24.5 Å². The lowest BCUT2D eigenvalue weighted by Gasteiger charge is -2.13. The second kappa shape index (κ2) is 10.6. The van der Waals surface area contributed by atoms with Gasteiger partial charge in [0, 0.05) is 17.3 Å². The van der Waals surface area contributed by atoms with Gasteiger partial charge < -0.3 is 26.4 Å². The summed E-state index contributed by atoms with van der Waals surface area (Å²) in [7, 11) is 1.36. The Labute approximate surface area is 228 Å². The number of nitrogens with one attached hydrogen (secondary N) is 3. The molecule has 11 nitrogen and oxygen atoms in total. The molecule has 0 fully saturated rings. The quantitative estimate of drug-likeness (QED) is 0.193. The summed E-state index contributed by atoms with van der Waals surface area (Å²) in [4.78, 5) is 47.8. The standard InChI is InChI=1S/C29H23N5O6/c1-40-26-15-18(7-10-25(26)34(38)39)17-6-8-21-23(14-17)32-24-11-16(5-9-22(24)33-29(21)37)12-27(35)31-20-4-2-3-19(13-20)28(30)36/h2-11,13-15,32H,12H2,1H3,(H2,30,36)(H,31,35)(H,33,37). The van der Waals surface area contributed by atoms with Crippen molar-refractivity contribution in [1.29, 1.82) is 0 Å². The SMILES string of the molecule is COc1cc(-c2ccc3c(c2)Nc2cc(CC(=O)Nc4cccc(C(N)=O)c4)ccc2NC3=O)ccc1[N+](=O)[O-]. The lowest BCUT2D eigenvalue weighted by atomic mass is 10.0. The molecule has 0 saturated carbocycles. The van der Waals surface area contributed by atoms with Crippen LogP contribution in [0.2, 0.25) is 0 Å². The van der Waals surface area contributed by atoms with Gasteiger partial charge in [-0.3, -0.25) is 24.5 Å². The fourth-order valence-electron chi connectivity index (χ4n) is 4.42. The normalized spacial score (nSPS) is 11.7. The zero-order chi connectivity index (χ0) is 28.4. The molecule has 5 rings (SSSR count).